The van der Waals surface area contributed by atoms with Crippen LogP contribution in [-0.2, 0) is 0 Å². The Morgan fingerprint density at radius 1 is 0.750 bits per heavy atom. The Hall–Kier alpha value is -4.53. The largest absolute Gasteiger partial charge is 0.497 e. The molecule has 0 aromatic heterocycles. The molecule has 2 aliphatic rings. The number of carbonyl (C=O) groups is 3. The van der Waals surface area contributed by atoms with Crippen LogP contribution in [0.2, 0.25) is 0 Å². The number of methoxy groups -OCH3 is 1. The van der Waals surface area contributed by atoms with E-state index in [-0.39, 0.29) is 17.8 Å². The summed E-state index contributed by atoms with van der Waals surface area (Å²) >= 11 is 0. The Morgan fingerprint density at radius 3 is 2.15 bits per heavy atom. The number of carbonyl (C=O) groups excluding carboxylic acids is 3. The summed E-state index contributed by atoms with van der Waals surface area (Å²) < 4.78 is 5.24. The molecular formula is C31H35N5O4. The maximum Gasteiger partial charge on any atom is 0.321 e. The number of amides is 4. The molecule has 9 heteroatoms. The molecule has 3 aromatic rings. The van der Waals surface area contributed by atoms with Crippen LogP contribution in [0.5, 0.6) is 5.75 Å². The molecule has 2 N–H and O–H groups in total. The van der Waals surface area contributed by atoms with E-state index < -0.39 is 0 Å². The highest BCUT2D eigenvalue weighted by molar-refractivity contribution is 6.06. The second-order valence-corrected chi connectivity index (χ2v) is 10.2. The van der Waals surface area contributed by atoms with E-state index in [1.807, 2.05) is 48.2 Å². The third-order valence-corrected chi connectivity index (χ3v) is 7.42. The molecule has 9 nitrogen and oxygen atoms in total. The number of ether oxygens (including phenoxy) is 1. The molecule has 2 heterocycles. The topological polar surface area (TPSA) is 94.2 Å². The molecule has 3 aromatic carbocycles. The van der Waals surface area contributed by atoms with Gasteiger partial charge in [-0.3, -0.25) is 9.59 Å². The molecule has 0 radical (unpaired) electrons. The van der Waals surface area contributed by atoms with E-state index in [9.17, 15) is 14.4 Å². The van der Waals surface area contributed by atoms with Crippen molar-refractivity contribution in [2.24, 2.45) is 0 Å². The lowest BCUT2D eigenvalue weighted by Gasteiger charge is -2.37. The van der Waals surface area contributed by atoms with Crippen molar-refractivity contribution in [2.45, 2.75) is 19.8 Å². The molecule has 0 atom stereocenters. The Balaban J connectivity index is 1.31. The van der Waals surface area contributed by atoms with Crippen LogP contribution in [0.3, 0.4) is 0 Å². The van der Waals surface area contributed by atoms with Crippen LogP contribution >= 0.6 is 0 Å². The summed E-state index contributed by atoms with van der Waals surface area (Å²) in [5.41, 5.74) is 4.30. The van der Waals surface area contributed by atoms with Crippen LogP contribution in [-0.4, -0.2) is 74.0 Å². The van der Waals surface area contributed by atoms with Crippen molar-refractivity contribution in [1.29, 1.82) is 0 Å². The van der Waals surface area contributed by atoms with Gasteiger partial charge in [0.15, 0.2) is 0 Å². The van der Waals surface area contributed by atoms with Gasteiger partial charge in [-0.15, -0.1) is 0 Å². The van der Waals surface area contributed by atoms with Gasteiger partial charge in [0.2, 0.25) is 0 Å². The van der Waals surface area contributed by atoms with Crippen molar-refractivity contribution < 1.29 is 19.1 Å². The molecule has 0 spiro atoms. The summed E-state index contributed by atoms with van der Waals surface area (Å²) in [6.45, 7) is 5.72. The molecule has 2 aliphatic heterocycles. The number of nitrogens with zero attached hydrogens (tertiary/aromatic N) is 3. The maximum absolute atomic E-state index is 13.6. The number of benzene rings is 3. The van der Waals surface area contributed by atoms with Gasteiger partial charge >= 0.3 is 6.03 Å². The van der Waals surface area contributed by atoms with E-state index in [2.05, 4.69) is 15.5 Å². The number of piperazine rings is 1. The van der Waals surface area contributed by atoms with Crippen molar-refractivity contribution in [3.8, 4) is 5.75 Å². The molecule has 0 unspecified atom stereocenters. The van der Waals surface area contributed by atoms with Crippen LogP contribution in [0.1, 0.15) is 39.1 Å². The summed E-state index contributed by atoms with van der Waals surface area (Å²) in [7, 11) is 1.56. The van der Waals surface area contributed by atoms with Crippen LogP contribution < -0.4 is 20.3 Å². The Labute approximate surface area is 234 Å². The monoisotopic (exact) mass is 541 g/mol. The van der Waals surface area contributed by atoms with E-state index in [1.54, 1.807) is 42.3 Å². The number of hydrogen-bond acceptors (Lipinski definition) is 5. The van der Waals surface area contributed by atoms with Gasteiger partial charge in [-0.05, 0) is 68.3 Å². The third kappa shape index (κ3) is 6.20. The van der Waals surface area contributed by atoms with E-state index >= 15 is 0 Å². The lowest BCUT2D eigenvalue weighted by atomic mass is 10.1. The minimum absolute atomic E-state index is 0.0375. The highest BCUT2D eigenvalue weighted by atomic mass is 16.5. The second kappa shape index (κ2) is 12.1. The number of hydrogen-bond donors (Lipinski definition) is 2. The lowest BCUT2D eigenvalue weighted by Crippen LogP contribution is -2.50. The van der Waals surface area contributed by atoms with Crippen LogP contribution in [0.4, 0.5) is 21.9 Å². The molecule has 208 valence electrons. The lowest BCUT2D eigenvalue weighted by molar-refractivity contribution is 0.0792. The van der Waals surface area contributed by atoms with E-state index in [4.69, 9.17) is 4.74 Å². The first-order valence-electron chi connectivity index (χ1n) is 13.7. The fraction of sp³-hybridized carbons (Fsp3) is 0.323. The number of anilines is 3. The first-order chi connectivity index (χ1) is 19.4. The summed E-state index contributed by atoms with van der Waals surface area (Å²) in [5, 5.41) is 5.90. The zero-order valence-electron chi connectivity index (χ0n) is 23.0. The standard InChI is InChI=1S/C31H35N5O4/c1-22-8-10-24(11-9-22)33-31(39)36-18-16-34(17-19-36)28-13-12-25(21-27(28)30(38)35-14-3-4-15-35)32-29(37)23-6-5-7-26(20-23)40-2/h5-13,20-21H,3-4,14-19H2,1-2H3,(H,32,37)(H,33,39). The molecule has 5 rings (SSSR count). The average Bonchev–Trinajstić information content (AvgIpc) is 3.53. The molecule has 0 bridgehead atoms. The number of nitrogens with one attached hydrogen (secondary N) is 2. The Morgan fingerprint density at radius 2 is 1.45 bits per heavy atom. The molecule has 4 amide bonds. The number of aryl methyl sites for hydroxylation is 1. The predicted molar refractivity (Wildman–Crippen MR) is 157 cm³/mol. The minimum atomic E-state index is -0.278. The van der Waals surface area contributed by atoms with Gasteiger partial charge < -0.3 is 30.1 Å². The van der Waals surface area contributed by atoms with Gasteiger partial charge in [-0.1, -0.05) is 23.8 Å². The SMILES string of the molecule is COc1cccc(C(=O)Nc2ccc(N3CCN(C(=O)Nc4ccc(C)cc4)CC3)c(C(=O)N3CCCC3)c2)c1. The zero-order valence-corrected chi connectivity index (χ0v) is 23.0. The summed E-state index contributed by atoms with van der Waals surface area (Å²) in [6, 6.07) is 20.0. The smallest absolute Gasteiger partial charge is 0.321 e. The summed E-state index contributed by atoms with van der Waals surface area (Å²) in [4.78, 5) is 45.2. The Bertz CT molecular complexity index is 1380. The number of rotatable bonds is 6. The quantitative estimate of drug-likeness (QED) is 0.466. The molecular weight excluding hydrogens is 506 g/mol. The van der Waals surface area contributed by atoms with Gasteiger partial charge in [0, 0.05) is 61.9 Å². The van der Waals surface area contributed by atoms with Gasteiger partial charge in [0.05, 0.1) is 12.7 Å². The molecule has 0 aliphatic carbocycles. The number of likely N-dealkylation sites (tertiary alicyclic amines) is 1. The van der Waals surface area contributed by atoms with E-state index in [1.165, 1.54) is 0 Å². The van der Waals surface area contributed by atoms with Gasteiger partial charge in [-0.2, -0.15) is 0 Å². The van der Waals surface area contributed by atoms with Crippen LogP contribution in [0.25, 0.3) is 0 Å². The maximum atomic E-state index is 13.6. The predicted octanol–water partition coefficient (Wildman–Crippen LogP) is 4.85. The van der Waals surface area contributed by atoms with Gasteiger partial charge in [0.1, 0.15) is 5.75 Å². The third-order valence-electron chi connectivity index (χ3n) is 7.42. The van der Waals surface area contributed by atoms with Crippen molar-refractivity contribution in [1.82, 2.24) is 9.80 Å². The van der Waals surface area contributed by atoms with Crippen LogP contribution in [0.15, 0.2) is 66.7 Å². The molecule has 2 fully saturated rings. The van der Waals surface area contributed by atoms with E-state index in [0.29, 0.717) is 48.7 Å². The van der Waals surface area contributed by atoms with Crippen molar-refractivity contribution in [3.05, 3.63) is 83.4 Å². The first-order valence-corrected chi connectivity index (χ1v) is 13.7. The summed E-state index contributed by atoms with van der Waals surface area (Å²) in [6.07, 6.45) is 1.98. The number of urea groups is 1. The normalized spacial score (nSPS) is 15.1. The summed E-state index contributed by atoms with van der Waals surface area (Å²) in [5.74, 6) is 0.281. The minimum Gasteiger partial charge on any atom is -0.497 e. The van der Waals surface area contributed by atoms with Crippen LogP contribution in [0, 0.1) is 6.92 Å². The molecule has 2 saturated heterocycles. The first kappa shape index (κ1) is 27.1. The molecule has 0 saturated carbocycles. The fourth-order valence-corrected chi connectivity index (χ4v) is 5.11. The van der Waals surface area contributed by atoms with Crippen molar-refractivity contribution in [3.63, 3.8) is 0 Å². The zero-order chi connectivity index (χ0) is 28.1. The second-order valence-electron chi connectivity index (χ2n) is 10.2. The highest BCUT2D eigenvalue weighted by Gasteiger charge is 2.28. The average molecular weight is 542 g/mol. The van der Waals surface area contributed by atoms with Crippen molar-refractivity contribution >= 4 is 34.9 Å². The van der Waals surface area contributed by atoms with Crippen molar-refractivity contribution in [2.75, 3.05) is 61.9 Å². The fourth-order valence-electron chi connectivity index (χ4n) is 5.11. The molecule has 40 heavy (non-hydrogen) atoms. The van der Waals surface area contributed by atoms with Gasteiger partial charge in [-0.25, -0.2) is 4.79 Å². The Kier molecular flexibility index (Phi) is 8.19. The van der Waals surface area contributed by atoms with Gasteiger partial charge in [0.25, 0.3) is 11.8 Å². The highest BCUT2D eigenvalue weighted by Crippen LogP contribution is 2.29. The van der Waals surface area contributed by atoms with E-state index in [0.717, 1.165) is 42.9 Å².